The molecule has 0 bridgehead atoms. The Balaban J connectivity index is 2.32. The van der Waals surface area contributed by atoms with Gasteiger partial charge in [0.1, 0.15) is 5.92 Å². The quantitative estimate of drug-likeness (QED) is 0.855. The molecule has 1 atom stereocenters. The summed E-state index contributed by atoms with van der Waals surface area (Å²) in [6.45, 7) is 3.72. The van der Waals surface area contributed by atoms with Crippen LogP contribution in [0, 0.1) is 19.8 Å². The van der Waals surface area contributed by atoms with Crippen LogP contribution in [0.1, 0.15) is 48.6 Å². The minimum atomic E-state index is -0.786. The van der Waals surface area contributed by atoms with Gasteiger partial charge in [-0.25, -0.2) is 0 Å². The molecule has 0 aromatic carbocycles. The molecule has 0 radical (unpaired) electrons. The zero-order chi connectivity index (χ0) is 11.7. The van der Waals surface area contributed by atoms with Crippen molar-refractivity contribution in [2.75, 3.05) is 0 Å². The second-order valence-corrected chi connectivity index (χ2v) is 4.62. The van der Waals surface area contributed by atoms with Crippen LogP contribution in [0.25, 0.3) is 0 Å². The minimum Gasteiger partial charge on any atom is -0.481 e. The average Bonchev–Trinajstić information content (AvgIpc) is 2.83. The normalized spacial score (nSPS) is 18.9. The maximum atomic E-state index is 11.4. The Labute approximate surface area is 94.6 Å². The third kappa shape index (κ3) is 1.84. The second-order valence-electron chi connectivity index (χ2n) is 4.62. The third-order valence-electron chi connectivity index (χ3n) is 3.61. The molecule has 1 aromatic heterocycles. The maximum absolute atomic E-state index is 11.4. The number of hydrogen-bond donors (Lipinski definition) is 1. The van der Waals surface area contributed by atoms with E-state index in [-0.39, 0.29) is 5.92 Å². The van der Waals surface area contributed by atoms with Gasteiger partial charge in [-0.1, -0.05) is 18.0 Å². The van der Waals surface area contributed by atoms with Gasteiger partial charge in [-0.3, -0.25) is 4.79 Å². The molecule has 1 aromatic rings. The number of rotatable bonds is 3. The third-order valence-corrected chi connectivity index (χ3v) is 3.61. The van der Waals surface area contributed by atoms with E-state index in [2.05, 4.69) is 5.16 Å². The van der Waals surface area contributed by atoms with Gasteiger partial charge in [-0.05, 0) is 32.6 Å². The number of aliphatic carboxylic acids is 1. The van der Waals surface area contributed by atoms with Crippen LogP contribution in [0.2, 0.25) is 0 Å². The van der Waals surface area contributed by atoms with Crippen LogP contribution < -0.4 is 0 Å². The summed E-state index contributed by atoms with van der Waals surface area (Å²) in [4.78, 5) is 11.4. The first-order valence-corrected chi connectivity index (χ1v) is 5.77. The van der Waals surface area contributed by atoms with Crippen molar-refractivity contribution in [2.24, 2.45) is 5.92 Å². The summed E-state index contributed by atoms with van der Waals surface area (Å²) in [5, 5.41) is 13.2. The van der Waals surface area contributed by atoms with Gasteiger partial charge in [0.2, 0.25) is 0 Å². The zero-order valence-corrected chi connectivity index (χ0v) is 9.69. The summed E-state index contributed by atoms with van der Waals surface area (Å²) in [6.07, 6.45) is 4.22. The Kier molecular flexibility index (Phi) is 2.99. The van der Waals surface area contributed by atoms with E-state index in [1.54, 1.807) is 0 Å². The Morgan fingerprint density at radius 3 is 2.50 bits per heavy atom. The van der Waals surface area contributed by atoms with Crippen molar-refractivity contribution in [3.63, 3.8) is 0 Å². The largest absolute Gasteiger partial charge is 0.481 e. The topological polar surface area (TPSA) is 63.3 Å². The fourth-order valence-electron chi connectivity index (χ4n) is 2.54. The van der Waals surface area contributed by atoms with Gasteiger partial charge >= 0.3 is 5.97 Å². The highest BCUT2D eigenvalue weighted by Gasteiger charge is 2.36. The monoisotopic (exact) mass is 223 g/mol. The Morgan fingerprint density at radius 1 is 1.44 bits per heavy atom. The molecule has 1 saturated carbocycles. The maximum Gasteiger partial charge on any atom is 0.314 e. The van der Waals surface area contributed by atoms with Crippen molar-refractivity contribution in [1.82, 2.24) is 5.16 Å². The smallest absolute Gasteiger partial charge is 0.314 e. The molecule has 0 amide bonds. The molecule has 1 heterocycles. The van der Waals surface area contributed by atoms with Crippen LogP contribution in [-0.2, 0) is 4.79 Å². The molecule has 1 unspecified atom stereocenters. The molecule has 16 heavy (non-hydrogen) atoms. The predicted molar refractivity (Wildman–Crippen MR) is 58.3 cm³/mol. The van der Waals surface area contributed by atoms with E-state index >= 15 is 0 Å². The van der Waals surface area contributed by atoms with Crippen molar-refractivity contribution >= 4 is 5.97 Å². The van der Waals surface area contributed by atoms with E-state index in [0.717, 1.165) is 36.9 Å². The van der Waals surface area contributed by atoms with Gasteiger partial charge in [0.15, 0.2) is 5.76 Å². The summed E-state index contributed by atoms with van der Waals surface area (Å²) in [6, 6.07) is 0. The second kappa shape index (κ2) is 4.28. The van der Waals surface area contributed by atoms with Crippen LogP contribution in [0.3, 0.4) is 0 Å². The molecule has 4 heteroatoms. The molecule has 1 aliphatic rings. The summed E-state index contributed by atoms with van der Waals surface area (Å²) >= 11 is 0. The molecule has 2 rings (SSSR count). The lowest BCUT2D eigenvalue weighted by Gasteiger charge is -2.16. The summed E-state index contributed by atoms with van der Waals surface area (Å²) < 4.78 is 5.20. The van der Waals surface area contributed by atoms with Crippen molar-refractivity contribution in [2.45, 2.75) is 45.4 Å². The van der Waals surface area contributed by atoms with Gasteiger partial charge in [0.05, 0.1) is 5.69 Å². The number of aromatic nitrogens is 1. The van der Waals surface area contributed by atoms with Crippen molar-refractivity contribution < 1.29 is 14.4 Å². The zero-order valence-electron chi connectivity index (χ0n) is 9.69. The number of carboxylic acids is 1. The van der Waals surface area contributed by atoms with Crippen LogP contribution in [0.4, 0.5) is 0 Å². The predicted octanol–water partition coefficient (Wildman–Crippen LogP) is 2.65. The van der Waals surface area contributed by atoms with E-state index in [1.165, 1.54) is 0 Å². The first kappa shape index (κ1) is 11.2. The summed E-state index contributed by atoms with van der Waals surface area (Å²) in [5.74, 6) is -0.532. The van der Waals surface area contributed by atoms with E-state index < -0.39 is 11.9 Å². The Morgan fingerprint density at radius 2 is 2.06 bits per heavy atom. The fourth-order valence-corrected chi connectivity index (χ4v) is 2.54. The highest BCUT2D eigenvalue weighted by atomic mass is 16.5. The highest BCUT2D eigenvalue weighted by Crippen LogP contribution is 2.39. The number of carboxylic acid groups (broad SMARTS) is 1. The van der Waals surface area contributed by atoms with Crippen LogP contribution in [-0.4, -0.2) is 16.2 Å². The summed E-state index contributed by atoms with van der Waals surface area (Å²) in [5.41, 5.74) is 1.68. The molecule has 1 aliphatic carbocycles. The van der Waals surface area contributed by atoms with Gasteiger partial charge in [-0.2, -0.15) is 0 Å². The minimum absolute atomic E-state index is 0.212. The van der Waals surface area contributed by atoms with Gasteiger partial charge in [0, 0.05) is 5.56 Å². The van der Waals surface area contributed by atoms with Crippen LogP contribution in [0.5, 0.6) is 0 Å². The van der Waals surface area contributed by atoms with Crippen molar-refractivity contribution in [3.05, 3.63) is 17.0 Å². The number of hydrogen-bond acceptors (Lipinski definition) is 3. The van der Waals surface area contributed by atoms with Gasteiger partial charge in [-0.15, -0.1) is 0 Å². The summed E-state index contributed by atoms with van der Waals surface area (Å²) in [7, 11) is 0. The van der Waals surface area contributed by atoms with Crippen LogP contribution >= 0.6 is 0 Å². The van der Waals surface area contributed by atoms with E-state index in [0.29, 0.717) is 5.76 Å². The SMILES string of the molecule is Cc1noc(C(C(=O)O)C2CCCC2)c1C. The molecule has 1 fully saturated rings. The molecule has 0 spiro atoms. The number of carbonyl (C=O) groups is 1. The van der Waals surface area contributed by atoms with Crippen LogP contribution in [0.15, 0.2) is 4.52 Å². The van der Waals surface area contributed by atoms with E-state index in [9.17, 15) is 9.90 Å². The Hall–Kier alpha value is -1.32. The standard InChI is InChI=1S/C12H17NO3/c1-7-8(2)13-16-11(7)10(12(14)15)9-5-3-4-6-9/h9-10H,3-6H2,1-2H3,(H,14,15). The molecule has 4 nitrogen and oxygen atoms in total. The first-order chi connectivity index (χ1) is 7.61. The molecular weight excluding hydrogens is 206 g/mol. The first-order valence-electron chi connectivity index (χ1n) is 5.77. The molecule has 0 saturated heterocycles. The van der Waals surface area contributed by atoms with Crippen molar-refractivity contribution in [1.29, 1.82) is 0 Å². The lowest BCUT2D eigenvalue weighted by Crippen LogP contribution is -2.19. The molecule has 1 N–H and O–H groups in total. The lowest BCUT2D eigenvalue weighted by molar-refractivity contribution is -0.140. The van der Waals surface area contributed by atoms with Gasteiger partial charge in [0.25, 0.3) is 0 Å². The van der Waals surface area contributed by atoms with E-state index in [4.69, 9.17) is 4.52 Å². The molecule has 0 aliphatic heterocycles. The number of aryl methyl sites for hydroxylation is 1. The lowest BCUT2D eigenvalue weighted by atomic mass is 9.87. The van der Waals surface area contributed by atoms with E-state index in [1.807, 2.05) is 13.8 Å². The number of nitrogens with zero attached hydrogens (tertiary/aromatic N) is 1. The Bertz CT molecular complexity index is 391. The highest BCUT2D eigenvalue weighted by molar-refractivity contribution is 5.76. The average molecular weight is 223 g/mol. The molecule has 88 valence electrons. The fraction of sp³-hybridized carbons (Fsp3) is 0.667. The van der Waals surface area contributed by atoms with Gasteiger partial charge < -0.3 is 9.63 Å². The molecular formula is C12H17NO3. The van der Waals surface area contributed by atoms with Crippen molar-refractivity contribution in [3.8, 4) is 0 Å².